The van der Waals surface area contributed by atoms with Gasteiger partial charge in [0.2, 0.25) is 5.91 Å². The largest absolute Gasteiger partial charge is 0.374 e. The van der Waals surface area contributed by atoms with E-state index in [1.807, 2.05) is 25.1 Å². The van der Waals surface area contributed by atoms with E-state index in [-0.39, 0.29) is 24.3 Å². The van der Waals surface area contributed by atoms with Crippen molar-refractivity contribution < 1.29 is 9.18 Å². The van der Waals surface area contributed by atoms with E-state index in [9.17, 15) is 9.18 Å². The molecule has 2 aromatic carbocycles. The Morgan fingerprint density at radius 3 is 2.57 bits per heavy atom. The van der Waals surface area contributed by atoms with Crippen LogP contribution in [0.15, 0.2) is 48.5 Å². The Morgan fingerprint density at radius 2 is 1.86 bits per heavy atom. The molecule has 0 fully saturated rings. The molecule has 1 amide bonds. The monoisotopic (exact) mass is 306 g/mol. The van der Waals surface area contributed by atoms with Gasteiger partial charge in [-0.2, -0.15) is 0 Å². The molecule has 5 heteroatoms. The third-order valence-electron chi connectivity index (χ3n) is 3.06. The molecule has 0 aliphatic rings. The fourth-order valence-electron chi connectivity index (χ4n) is 1.98. The average Bonchev–Trinajstić information content (AvgIpc) is 2.46. The van der Waals surface area contributed by atoms with Crippen LogP contribution in [0.25, 0.3) is 0 Å². The first-order valence-electron chi connectivity index (χ1n) is 6.60. The minimum absolute atomic E-state index is 0.00424. The predicted molar refractivity (Wildman–Crippen MR) is 82.9 cm³/mol. The van der Waals surface area contributed by atoms with Crippen LogP contribution in [0.1, 0.15) is 18.5 Å². The Labute approximate surface area is 128 Å². The van der Waals surface area contributed by atoms with E-state index in [0.29, 0.717) is 10.7 Å². The molecule has 0 saturated carbocycles. The van der Waals surface area contributed by atoms with Crippen molar-refractivity contribution in [1.29, 1.82) is 0 Å². The number of rotatable bonds is 5. The molecular formula is C16H16ClFN2O. The average molecular weight is 307 g/mol. The summed E-state index contributed by atoms with van der Waals surface area (Å²) in [4.78, 5) is 11.9. The Balaban J connectivity index is 1.90. The van der Waals surface area contributed by atoms with Crippen molar-refractivity contribution in [2.45, 2.75) is 13.0 Å². The highest BCUT2D eigenvalue weighted by molar-refractivity contribution is 6.31. The van der Waals surface area contributed by atoms with Crippen LogP contribution in [0, 0.1) is 5.82 Å². The summed E-state index contributed by atoms with van der Waals surface area (Å²) >= 11 is 6.08. The van der Waals surface area contributed by atoms with E-state index in [1.54, 1.807) is 24.3 Å². The zero-order valence-corrected chi connectivity index (χ0v) is 12.3. The first-order valence-corrected chi connectivity index (χ1v) is 6.98. The summed E-state index contributed by atoms with van der Waals surface area (Å²) in [6.07, 6.45) is 0. The van der Waals surface area contributed by atoms with Crippen molar-refractivity contribution in [3.63, 3.8) is 0 Å². The summed E-state index contributed by atoms with van der Waals surface area (Å²) in [5.74, 6) is -0.616. The molecule has 0 aliphatic carbocycles. The molecule has 0 aromatic heterocycles. The normalized spacial score (nSPS) is 11.8. The number of para-hydroxylation sites is 1. The molecule has 0 spiro atoms. The number of benzene rings is 2. The van der Waals surface area contributed by atoms with Crippen LogP contribution < -0.4 is 10.6 Å². The lowest BCUT2D eigenvalue weighted by Crippen LogP contribution is -2.32. The first kappa shape index (κ1) is 15.3. The zero-order valence-electron chi connectivity index (χ0n) is 11.6. The van der Waals surface area contributed by atoms with Crippen LogP contribution in [-0.2, 0) is 4.79 Å². The van der Waals surface area contributed by atoms with Crippen molar-refractivity contribution in [2.75, 3.05) is 11.9 Å². The van der Waals surface area contributed by atoms with E-state index in [0.717, 1.165) is 5.56 Å². The van der Waals surface area contributed by atoms with Crippen LogP contribution in [0.2, 0.25) is 5.02 Å². The lowest BCUT2D eigenvalue weighted by atomic mass is 10.1. The van der Waals surface area contributed by atoms with Crippen molar-refractivity contribution in [3.05, 3.63) is 64.9 Å². The van der Waals surface area contributed by atoms with Crippen molar-refractivity contribution >= 4 is 23.2 Å². The lowest BCUT2D eigenvalue weighted by Gasteiger charge is -2.16. The van der Waals surface area contributed by atoms with Gasteiger partial charge in [0.25, 0.3) is 0 Å². The molecule has 0 heterocycles. The van der Waals surface area contributed by atoms with Gasteiger partial charge in [0.1, 0.15) is 5.82 Å². The van der Waals surface area contributed by atoms with Gasteiger partial charge < -0.3 is 10.6 Å². The molecule has 3 nitrogen and oxygen atoms in total. The lowest BCUT2D eigenvalue weighted by molar-refractivity contribution is -0.120. The van der Waals surface area contributed by atoms with E-state index in [1.165, 1.54) is 6.07 Å². The van der Waals surface area contributed by atoms with Gasteiger partial charge in [-0.15, -0.1) is 0 Å². The first-order chi connectivity index (χ1) is 10.1. The van der Waals surface area contributed by atoms with E-state index in [4.69, 9.17) is 11.6 Å². The topological polar surface area (TPSA) is 41.1 Å². The van der Waals surface area contributed by atoms with Crippen molar-refractivity contribution in [2.24, 2.45) is 0 Å². The SMILES string of the molecule is CC(NC(=O)CNc1ccccc1F)c1ccccc1Cl. The van der Waals surface area contributed by atoms with E-state index >= 15 is 0 Å². The highest BCUT2D eigenvalue weighted by Gasteiger charge is 2.12. The molecule has 1 unspecified atom stereocenters. The van der Waals surface area contributed by atoms with Crippen molar-refractivity contribution in [1.82, 2.24) is 5.32 Å². The van der Waals surface area contributed by atoms with E-state index < -0.39 is 0 Å². The molecule has 0 saturated heterocycles. The molecule has 2 N–H and O–H groups in total. The van der Waals surface area contributed by atoms with Gasteiger partial charge >= 0.3 is 0 Å². The Morgan fingerprint density at radius 1 is 1.19 bits per heavy atom. The second-order valence-electron chi connectivity index (χ2n) is 4.64. The summed E-state index contributed by atoms with van der Waals surface area (Å²) in [5.41, 5.74) is 1.15. The summed E-state index contributed by atoms with van der Waals surface area (Å²) < 4.78 is 13.4. The smallest absolute Gasteiger partial charge is 0.239 e. The molecule has 2 aromatic rings. The number of anilines is 1. The Bertz CT molecular complexity index is 633. The van der Waals surface area contributed by atoms with Gasteiger partial charge in [-0.25, -0.2) is 4.39 Å². The maximum Gasteiger partial charge on any atom is 0.239 e. The quantitative estimate of drug-likeness (QED) is 0.883. The predicted octanol–water partition coefficient (Wildman–Crippen LogP) is 3.77. The van der Waals surface area contributed by atoms with Crippen LogP contribution in [0.3, 0.4) is 0 Å². The van der Waals surface area contributed by atoms with Gasteiger partial charge in [0.05, 0.1) is 18.3 Å². The van der Waals surface area contributed by atoms with Gasteiger partial charge in [-0.3, -0.25) is 4.79 Å². The molecule has 2 rings (SSSR count). The fourth-order valence-corrected chi connectivity index (χ4v) is 2.28. The molecular weight excluding hydrogens is 291 g/mol. The maximum absolute atomic E-state index is 13.4. The second-order valence-corrected chi connectivity index (χ2v) is 5.05. The molecule has 0 bridgehead atoms. The third kappa shape index (κ3) is 4.20. The summed E-state index contributed by atoms with van der Waals surface area (Å²) in [5, 5.41) is 6.19. The number of carbonyl (C=O) groups excluding carboxylic acids is 1. The van der Waals surface area contributed by atoms with Gasteiger partial charge in [-0.05, 0) is 30.7 Å². The fraction of sp³-hybridized carbons (Fsp3) is 0.188. The number of hydrogen-bond donors (Lipinski definition) is 2. The van der Waals surface area contributed by atoms with Crippen molar-refractivity contribution in [3.8, 4) is 0 Å². The molecule has 1 atom stereocenters. The summed E-state index contributed by atoms with van der Waals surface area (Å²) in [6, 6.07) is 13.3. The van der Waals surface area contributed by atoms with Crippen LogP contribution in [-0.4, -0.2) is 12.5 Å². The number of halogens is 2. The van der Waals surface area contributed by atoms with Gasteiger partial charge in [-0.1, -0.05) is 41.9 Å². The summed E-state index contributed by atoms with van der Waals surface area (Å²) in [6.45, 7) is 1.85. The minimum atomic E-state index is -0.385. The maximum atomic E-state index is 13.4. The molecule has 110 valence electrons. The van der Waals surface area contributed by atoms with Crippen LogP contribution in [0.4, 0.5) is 10.1 Å². The van der Waals surface area contributed by atoms with Crippen LogP contribution in [0.5, 0.6) is 0 Å². The van der Waals surface area contributed by atoms with Gasteiger partial charge in [0.15, 0.2) is 0 Å². The zero-order chi connectivity index (χ0) is 15.2. The highest BCUT2D eigenvalue weighted by Crippen LogP contribution is 2.22. The highest BCUT2D eigenvalue weighted by atomic mass is 35.5. The number of carbonyl (C=O) groups is 1. The number of amides is 1. The molecule has 21 heavy (non-hydrogen) atoms. The number of hydrogen-bond acceptors (Lipinski definition) is 2. The number of nitrogens with one attached hydrogen (secondary N) is 2. The standard InChI is InChI=1S/C16H16ClFN2O/c1-11(12-6-2-3-7-13(12)17)20-16(21)10-19-15-9-5-4-8-14(15)18/h2-9,11,19H,10H2,1H3,(H,20,21). The second kappa shape index (κ2) is 7.09. The minimum Gasteiger partial charge on any atom is -0.374 e. The Hall–Kier alpha value is -2.07. The molecule has 0 aliphatic heterocycles. The summed E-state index contributed by atoms with van der Waals surface area (Å²) in [7, 11) is 0. The molecule has 0 radical (unpaired) electrons. The Kier molecular flexibility index (Phi) is 5.17. The van der Waals surface area contributed by atoms with E-state index in [2.05, 4.69) is 10.6 Å². The van der Waals surface area contributed by atoms with Gasteiger partial charge in [0, 0.05) is 5.02 Å². The van der Waals surface area contributed by atoms with Crippen LogP contribution >= 0.6 is 11.6 Å². The third-order valence-corrected chi connectivity index (χ3v) is 3.41.